The maximum absolute atomic E-state index is 12.9. The van der Waals surface area contributed by atoms with Crippen molar-refractivity contribution in [2.75, 3.05) is 37.7 Å². The zero-order valence-corrected chi connectivity index (χ0v) is 20.3. The fourth-order valence-electron chi connectivity index (χ4n) is 3.98. The van der Waals surface area contributed by atoms with Gasteiger partial charge in [-0.1, -0.05) is 12.1 Å². The Morgan fingerprint density at radius 1 is 1.06 bits per heavy atom. The van der Waals surface area contributed by atoms with Gasteiger partial charge in [-0.25, -0.2) is 8.42 Å². The van der Waals surface area contributed by atoms with E-state index in [1.165, 1.54) is 22.9 Å². The quantitative estimate of drug-likeness (QED) is 0.689. The van der Waals surface area contributed by atoms with Crippen LogP contribution < -0.4 is 14.4 Å². The summed E-state index contributed by atoms with van der Waals surface area (Å²) >= 11 is 0. The molecular formula is C24H33N3O4S. The van der Waals surface area contributed by atoms with E-state index < -0.39 is 16.1 Å². The third-order valence-electron chi connectivity index (χ3n) is 5.97. The first kappa shape index (κ1) is 24.1. The van der Waals surface area contributed by atoms with Gasteiger partial charge in [0.05, 0.1) is 17.5 Å². The smallest absolute Gasteiger partial charge is 0.241 e. The van der Waals surface area contributed by atoms with E-state index in [2.05, 4.69) is 41.7 Å². The molecule has 0 radical (unpaired) electrons. The van der Waals surface area contributed by atoms with Crippen LogP contribution in [0.25, 0.3) is 0 Å². The van der Waals surface area contributed by atoms with Crippen LogP contribution in [0.3, 0.4) is 0 Å². The lowest BCUT2D eigenvalue weighted by atomic mass is 10.1. The highest BCUT2D eigenvalue weighted by Gasteiger charge is 2.29. The minimum Gasteiger partial charge on any atom is -0.494 e. The van der Waals surface area contributed by atoms with Crippen LogP contribution in [0.5, 0.6) is 5.75 Å². The van der Waals surface area contributed by atoms with Gasteiger partial charge < -0.3 is 14.5 Å². The summed E-state index contributed by atoms with van der Waals surface area (Å²) in [4.78, 5) is 17.1. The van der Waals surface area contributed by atoms with Crippen molar-refractivity contribution in [3.8, 4) is 5.75 Å². The van der Waals surface area contributed by atoms with Gasteiger partial charge >= 0.3 is 0 Å². The maximum atomic E-state index is 12.9. The highest BCUT2D eigenvalue weighted by atomic mass is 32.2. The van der Waals surface area contributed by atoms with Gasteiger partial charge in [0, 0.05) is 31.9 Å². The van der Waals surface area contributed by atoms with Crippen molar-refractivity contribution >= 4 is 21.6 Å². The van der Waals surface area contributed by atoms with Crippen LogP contribution in [0.15, 0.2) is 41.3 Å². The van der Waals surface area contributed by atoms with E-state index in [0.717, 1.165) is 5.56 Å². The number of carbonyl (C=O) groups excluding carboxylic acids is 1. The average Bonchev–Trinajstić information content (AvgIpc) is 2.76. The molecule has 0 aliphatic carbocycles. The summed E-state index contributed by atoms with van der Waals surface area (Å²) in [5.41, 5.74) is 4.42. The molecule has 2 aromatic rings. The molecule has 7 nitrogen and oxygen atoms in total. The molecule has 1 atom stereocenters. The normalized spacial score (nSPS) is 15.5. The number of sulfonamides is 1. The van der Waals surface area contributed by atoms with Crippen LogP contribution >= 0.6 is 0 Å². The summed E-state index contributed by atoms with van der Waals surface area (Å²) in [6, 6.07) is 10.1. The predicted octanol–water partition coefficient (Wildman–Crippen LogP) is 3.03. The van der Waals surface area contributed by atoms with Gasteiger partial charge in [0.25, 0.3) is 0 Å². The molecule has 32 heavy (non-hydrogen) atoms. The van der Waals surface area contributed by atoms with E-state index in [1.54, 1.807) is 30.9 Å². The lowest BCUT2D eigenvalue weighted by molar-refractivity contribution is -0.132. The summed E-state index contributed by atoms with van der Waals surface area (Å²) in [6.45, 7) is 12.5. The minimum absolute atomic E-state index is 0.123. The summed E-state index contributed by atoms with van der Waals surface area (Å²) < 4.78 is 33.7. The molecule has 1 aliphatic heterocycles. The second kappa shape index (κ2) is 9.92. The lowest BCUT2D eigenvalue weighted by Crippen LogP contribution is -2.54. The first-order valence-electron chi connectivity index (χ1n) is 11.0. The number of amides is 1. The summed E-state index contributed by atoms with van der Waals surface area (Å²) in [5.74, 6) is 0.439. The van der Waals surface area contributed by atoms with Crippen molar-refractivity contribution in [1.29, 1.82) is 0 Å². The minimum atomic E-state index is -3.83. The molecule has 0 aromatic heterocycles. The zero-order chi connectivity index (χ0) is 23.5. The van der Waals surface area contributed by atoms with Crippen LogP contribution in [-0.4, -0.2) is 58.1 Å². The van der Waals surface area contributed by atoms with Gasteiger partial charge in [-0.15, -0.1) is 0 Å². The second-order valence-corrected chi connectivity index (χ2v) is 9.95. The summed E-state index contributed by atoms with van der Waals surface area (Å²) in [7, 11) is -3.83. The van der Waals surface area contributed by atoms with Gasteiger partial charge in [-0.3, -0.25) is 4.79 Å². The number of nitrogens with zero attached hydrogens (tertiary/aromatic N) is 2. The van der Waals surface area contributed by atoms with Crippen molar-refractivity contribution in [3.63, 3.8) is 0 Å². The number of benzene rings is 2. The van der Waals surface area contributed by atoms with Crippen LogP contribution in [0.1, 0.15) is 30.5 Å². The Balaban J connectivity index is 1.62. The fourth-order valence-corrected chi connectivity index (χ4v) is 5.26. The first-order chi connectivity index (χ1) is 15.1. The average molecular weight is 460 g/mol. The number of hydrogen-bond donors (Lipinski definition) is 1. The Hall–Kier alpha value is -2.58. The number of piperazine rings is 1. The van der Waals surface area contributed by atoms with E-state index in [9.17, 15) is 13.2 Å². The zero-order valence-electron chi connectivity index (χ0n) is 19.5. The number of rotatable bonds is 7. The largest absolute Gasteiger partial charge is 0.494 e. The molecule has 1 fully saturated rings. The third kappa shape index (κ3) is 5.24. The van der Waals surface area contributed by atoms with Crippen LogP contribution in [-0.2, 0) is 14.8 Å². The lowest BCUT2D eigenvalue weighted by Gasteiger charge is -2.38. The summed E-state index contributed by atoms with van der Waals surface area (Å²) in [6.07, 6.45) is 0. The Bertz CT molecular complexity index is 1080. The molecule has 0 unspecified atom stereocenters. The Morgan fingerprint density at radius 3 is 2.38 bits per heavy atom. The number of nitrogens with one attached hydrogen (secondary N) is 1. The topological polar surface area (TPSA) is 78.9 Å². The standard InChI is InChI=1S/C24H33N3O4S/c1-6-31-23-11-10-21(16-18(23)3)32(29,30)25-20(5)24(28)27-14-12-26(13-15-27)22-9-7-8-17(2)19(22)4/h7-11,16,20,25H,6,12-15H2,1-5H3/t20-/m0/s1. The first-order valence-corrected chi connectivity index (χ1v) is 12.5. The number of ether oxygens (including phenoxy) is 1. The molecule has 3 rings (SSSR count). The number of carbonyl (C=O) groups is 1. The van der Waals surface area contributed by atoms with E-state index in [-0.39, 0.29) is 10.8 Å². The Kier molecular flexibility index (Phi) is 7.46. The molecule has 0 spiro atoms. The molecule has 1 heterocycles. The summed E-state index contributed by atoms with van der Waals surface area (Å²) in [5, 5.41) is 0. The van der Waals surface area contributed by atoms with Gasteiger partial charge in [0.1, 0.15) is 5.75 Å². The van der Waals surface area contributed by atoms with Crippen LogP contribution in [0.4, 0.5) is 5.69 Å². The van der Waals surface area contributed by atoms with E-state index in [4.69, 9.17) is 4.74 Å². The molecule has 1 aliphatic rings. The van der Waals surface area contributed by atoms with Crippen molar-refractivity contribution in [1.82, 2.24) is 9.62 Å². The molecule has 8 heteroatoms. The molecule has 1 amide bonds. The third-order valence-corrected chi connectivity index (χ3v) is 7.51. The van der Waals surface area contributed by atoms with Crippen molar-refractivity contribution < 1.29 is 17.9 Å². The Labute approximate surface area is 191 Å². The van der Waals surface area contributed by atoms with Gasteiger partial charge in [-0.05, 0) is 75.6 Å². The molecule has 174 valence electrons. The predicted molar refractivity (Wildman–Crippen MR) is 127 cm³/mol. The molecule has 1 saturated heterocycles. The molecule has 0 saturated carbocycles. The van der Waals surface area contributed by atoms with Gasteiger partial charge in [0.15, 0.2) is 0 Å². The fraction of sp³-hybridized carbons (Fsp3) is 0.458. The van der Waals surface area contributed by atoms with Gasteiger partial charge in [0.2, 0.25) is 15.9 Å². The Morgan fingerprint density at radius 2 is 1.75 bits per heavy atom. The highest BCUT2D eigenvalue weighted by molar-refractivity contribution is 7.89. The van der Waals surface area contributed by atoms with E-state index >= 15 is 0 Å². The van der Waals surface area contributed by atoms with Crippen LogP contribution in [0, 0.1) is 20.8 Å². The van der Waals surface area contributed by atoms with Crippen LogP contribution in [0.2, 0.25) is 0 Å². The number of hydrogen-bond acceptors (Lipinski definition) is 5. The monoisotopic (exact) mass is 459 g/mol. The van der Waals surface area contributed by atoms with Crippen molar-refractivity contribution in [2.24, 2.45) is 0 Å². The van der Waals surface area contributed by atoms with Crippen molar-refractivity contribution in [2.45, 2.75) is 45.6 Å². The molecule has 1 N–H and O–H groups in total. The SMILES string of the molecule is CCOc1ccc(S(=O)(=O)N[C@@H](C)C(=O)N2CCN(c3cccc(C)c3C)CC2)cc1C. The highest BCUT2D eigenvalue weighted by Crippen LogP contribution is 2.24. The van der Waals surface area contributed by atoms with Crippen molar-refractivity contribution in [3.05, 3.63) is 53.1 Å². The van der Waals surface area contributed by atoms with Gasteiger partial charge in [-0.2, -0.15) is 4.72 Å². The van der Waals surface area contributed by atoms with E-state index in [1.807, 2.05) is 6.92 Å². The molecule has 0 bridgehead atoms. The number of aryl methyl sites for hydroxylation is 2. The second-order valence-electron chi connectivity index (χ2n) is 8.23. The number of anilines is 1. The molecule has 2 aromatic carbocycles. The van der Waals surface area contributed by atoms with E-state index in [0.29, 0.717) is 38.5 Å². The molecular weight excluding hydrogens is 426 g/mol. The maximum Gasteiger partial charge on any atom is 0.241 e.